The van der Waals surface area contributed by atoms with Crippen LogP contribution < -0.4 is 0 Å². The maximum atomic E-state index is 2.59. The number of piperidine rings is 1. The van der Waals surface area contributed by atoms with Gasteiger partial charge in [-0.15, -0.1) is 0 Å². The van der Waals surface area contributed by atoms with Gasteiger partial charge in [0.2, 0.25) is 0 Å². The van der Waals surface area contributed by atoms with E-state index in [4.69, 9.17) is 0 Å². The Morgan fingerprint density at radius 3 is 2.13 bits per heavy atom. The smallest absolute Gasteiger partial charge is 0.0120 e. The van der Waals surface area contributed by atoms with Gasteiger partial charge in [0, 0.05) is 6.04 Å². The van der Waals surface area contributed by atoms with E-state index in [1.54, 1.807) is 0 Å². The van der Waals surface area contributed by atoms with Crippen LogP contribution in [0.3, 0.4) is 0 Å². The van der Waals surface area contributed by atoms with E-state index in [1.807, 2.05) is 0 Å². The summed E-state index contributed by atoms with van der Waals surface area (Å²) < 4.78 is 0. The van der Waals surface area contributed by atoms with Crippen LogP contribution in [-0.4, -0.2) is 24.5 Å². The van der Waals surface area contributed by atoms with E-state index in [1.165, 1.54) is 57.9 Å². The van der Waals surface area contributed by atoms with Gasteiger partial charge < -0.3 is 4.90 Å². The Labute approximate surface area is 96.2 Å². The molecule has 0 amide bonds. The molecule has 0 radical (unpaired) electrons. The number of nitrogens with zero attached hydrogens (tertiary/aromatic N) is 1. The summed E-state index contributed by atoms with van der Waals surface area (Å²) in [6.07, 6.45) is 11.5. The van der Waals surface area contributed by atoms with Crippen LogP contribution in [-0.2, 0) is 0 Å². The van der Waals surface area contributed by atoms with Crippen LogP contribution in [0.2, 0.25) is 0 Å². The Bertz CT molecular complexity index is 151. The van der Waals surface area contributed by atoms with Crippen LogP contribution in [0.4, 0.5) is 0 Å². The van der Waals surface area contributed by atoms with E-state index >= 15 is 0 Å². The summed E-state index contributed by atoms with van der Waals surface area (Å²) in [6, 6.07) is 0.956. The molecule has 2 aliphatic rings. The van der Waals surface area contributed by atoms with Crippen molar-refractivity contribution in [2.75, 3.05) is 13.6 Å². The molecule has 0 bridgehead atoms. The molecule has 2 unspecified atom stereocenters. The molecule has 2 atom stereocenters. The number of fused-ring (bicyclic) bond motifs is 1. The highest BCUT2D eigenvalue weighted by Crippen LogP contribution is 2.34. The van der Waals surface area contributed by atoms with Crippen molar-refractivity contribution in [1.29, 1.82) is 0 Å². The van der Waals surface area contributed by atoms with E-state index in [0.29, 0.717) is 0 Å². The molecule has 1 aliphatic carbocycles. The first-order chi connectivity index (χ1) is 7.29. The molecule has 15 heavy (non-hydrogen) atoms. The normalized spacial score (nSPS) is 31.4. The first-order valence-electron chi connectivity index (χ1n) is 6.99. The zero-order valence-corrected chi connectivity index (χ0v) is 11.0. The van der Waals surface area contributed by atoms with Gasteiger partial charge in [0.1, 0.15) is 0 Å². The molecule has 0 aromatic rings. The third kappa shape index (κ3) is 4.14. The molecule has 0 aromatic carbocycles. The standard InChI is InChI=1S/C10H19N.C4H10/c1-11-8-4-6-9-5-2-3-7-10(9)11;1-3-4-2/h9-10H,2-8H2,1H3;3-4H2,1-2H3. The summed E-state index contributed by atoms with van der Waals surface area (Å²) in [7, 11) is 2.31. The maximum absolute atomic E-state index is 2.59. The van der Waals surface area contributed by atoms with Gasteiger partial charge in [0.05, 0.1) is 0 Å². The van der Waals surface area contributed by atoms with E-state index in [-0.39, 0.29) is 0 Å². The van der Waals surface area contributed by atoms with E-state index in [0.717, 1.165) is 12.0 Å². The highest BCUT2D eigenvalue weighted by molar-refractivity contribution is 4.85. The lowest BCUT2D eigenvalue weighted by Gasteiger charge is -2.42. The van der Waals surface area contributed by atoms with Crippen molar-refractivity contribution in [2.45, 2.75) is 71.3 Å². The Morgan fingerprint density at radius 1 is 0.933 bits per heavy atom. The largest absolute Gasteiger partial charge is 0.303 e. The highest BCUT2D eigenvalue weighted by Gasteiger charge is 2.30. The van der Waals surface area contributed by atoms with Crippen LogP contribution in [0.25, 0.3) is 0 Å². The van der Waals surface area contributed by atoms with Gasteiger partial charge >= 0.3 is 0 Å². The maximum Gasteiger partial charge on any atom is 0.0120 e. The lowest BCUT2D eigenvalue weighted by Crippen LogP contribution is -2.44. The average Bonchev–Trinajstić information content (AvgIpc) is 2.30. The number of hydrogen-bond acceptors (Lipinski definition) is 1. The Balaban J connectivity index is 0.000000245. The van der Waals surface area contributed by atoms with Crippen LogP contribution in [0.5, 0.6) is 0 Å². The van der Waals surface area contributed by atoms with Crippen LogP contribution in [0, 0.1) is 5.92 Å². The van der Waals surface area contributed by atoms with Gasteiger partial charge in [0.25, 0.3) is 0 Å². The van der Waals surface area contributed by atoms with Crippen molar-refractivity contribution in [1.82, 2.24) is 4.90 Å². The van der Waals surface area contributed by atoms with E-state index in [2.05, 4.69) is 25.8 Å². The SMILES string of the molecule is CCCC.CN1CCCC2CCCCC21. The molecular weight excluding hydrogens is 182 g/mol. The second kappa shape index (κ2) is 7.27. The Hall–Kier alpha value is -0.0400. The number of hydrogen-bond donors (Lipinski definition) is 0. The highest BCUT2D eigenvalue weighted by atomic mass is 15.1. The predicted molar refractivity (Wildman–Crippen MR) is 68.2 cm³/mol. The second-order valence-electron chi connectivity index (χ2n) is 5.23. The van der Waals surface area contributed by atoms with Crippen molar-refractivity contribution in [3.05, 3.63) is 0 Å². The Kier molecular flexibility index (Phi) is 6.31. The zero-order valence-electron chi connectivity index (χ0n) is 11.0. The van der Waals surface area contributed by atoms with Gasteiger partial charge in [-0.1, -0.05) is 39.5 Å². The Morgan fingerprint density at radius 2 is 1.53 bits per heavy atom. The van der Waals surface area contributed by atoms with Crippen LogP contribution >= 0.6 is 0 Å². The topological polar surface area (TPSA) is 3.24 Å². The van der Waals surface area contributed by atoms with Gasteiger partial charge in [-0.25, -0.2) is 0 Å². The molecule has 90 valence electrons. The van der Waals surface area contributed by atoms with Crippen LogP contribution in [0.1, 0.15) is 65.2 Å². The minimum Gasteiger partial charge on any atom is -0.303 e. The lowest BCUT2D eigenvalue weighted by atomic mass is 9.79. The minimum absolute atomic E-state index is 0.956. The lowest BCUT2D eigenvalue weighted by molar-refractivity contribution is 0.0841. The van der Waals surface area contributed by atoms with Crippen molar-refractivity contribution in [3.8, 4) is 0 Å². The first kappa shape index (κ1) is 13.0. The van der Waals surface area contributed by atoms with Gasteiger partial charge in [-0.2, -0.15) is 0 Å². The predicted octanol–water partition coefficient (Wildman–Crippen LogP) is 4.08. The number of likely N-dealkylation sites (tertiary alicyclic amines) is 1. The molecule has 1 heteroatoms. The van der Waals surface area contributed by atoms with Crippen molar-refractivity contribution in [3.63, 3.8) is 0 Å². The third-order valence-electron chi connectivity index (χ3n) is 4.02. The molecule has 1 heterocycles. The monoisotopic (exact) mass is 211 g/mol. The minimum atomic E-state index is 0.956. The average molecular weight is 211 g/mol. The summed E-state index contributed by atoms with van der Waals surface area (Å²) >= 11 is 0. The fraction of sp³-hybridized carbons (Fsp3) is 1.00. The summed E-state index contributed by atoms with van der Waals surface area (Å²) in [5, 5.41) is 0. The molecule has 2 rings (SSSR count). The summed E-state index contributed by atoms with van der Waals surface area (Å²) in [5.41, 5.74) is 0. The van der Waals surface area contributed by atoms with Crippen LogP contribution in [0.15, 0.2) is 0 Å². The molecule has 1 nitrogen and oxygen atoms in total. The van der Waals surface area contributed by atoms with Gasteiger partial charge in [-0.3, -0.25) is 0 Å². The molecule has 1 aliphatic heterocycles. The fourth-order valence-electron chi connectivity index (χ4n) is 2.87. The molecule has 0 spiro atoms. The molecule has 1 saturated heterocycles. The van der Waals surface area contributed by atoms with E-state index < -0.39 is 0 Å². The summed E-state index contributed by atoms with van der Waals surface area (Å²) in [5.74, 6) is 1.06. The zero-order chi connectivity index (χ0) is 11.1. The number of rotatable bonds is 1. The summed E-state index contributed by atoms with van der Waals surface area (Å²) in [6.45, 7) is 5.71. The van der Waals surface area contributed by atoms with E-state index in [9.17, 15) is 0 Å². The number of unbranched alkanes of at least 4 members (excludes halogenated alkanes) is 1. The van der Waals surface area contributed by atoms with Crippen molar-refractivity contribution < 1.29 is 0 Å². The quantitative estimate of drug-likeness (QED) is 0.632. The third-order valence-corrected chi connectivity index (χ3v) is 4.02. The fourth-order valence-corrected chi connectivity index (χ4v) is 2.87. The molecule has 0 aromatic heterocycles. The molecular formula is C14H29N. The molecule has 0 N–H and O–H groups in total. The van der Waals surface area contributed by atoms with Crippen molar-refractivity contribution >= 4 is 0 Å². The first-order valence-corrected chi connectivity index (χ1v) is 6.99. The van der Waals surface area contributed by atoms with Gasteiger partial charge in [-0.05, 0) is 45.2 Å². The molecule has 1 saturated carbocycles. The summed E-state index contributed by atoms with van der Waals surface area (Å²) in [4.78, 5) is 2.59. The van der Waals surface area contributed by atoms with Gasteiger partial charge in [0.15, 0.2) is 0 Å². The molecule has 2 fully saturated rings. The second-order valence-corrected chi connectivity index (χ2v) is 5.23. The van der Waals surface area contributed by atoms with Crippen molar-refractivity contribution in [2.24, 2.45) is 5.92 Å².